The van der Waals surface area contributed by atoms with Gasteiger partial charge in [0.2, 0.25) is 10.0 Å². The first-order valence-corrected chi connectivity index (χ1v) is 9.83. The Labute approximate surface area is 141 Å². The van der Waals surface area contributed by atoms with Crippen molar-refractivity contribution in [3.8, 4) is 0 Å². The fourth-order valence-corrected chi connectivity index (χ4v) is 4.39. The van der Waals surface area contributed by atoms with Crippen LogP contribution in [0.2, 0.25) is 0 Å². The molecule has 2 unspecified atom stereocenters. The SMILES string of the molecule is CS(=O)(=O)N1CCN2CC(C(=O)O)CN(Cc3ccoc3)CC2C1. The summed E-state index contributed by atoms with van der Waals surface area (Å²) in [6.45, 7) is 3.55. The van der Waals surface area contributed by atoms with E-state index in [9.17, 15) is 18.3 Å². The van der Waals surface area contributed by atoms with E-state index in [1.54, 1.807) is 12.5 Å². The van der Waals surface area contributed by atoms with Crippen LogP contribution in [0.25, 0.3) is 0 Å². The van der Waals surface area contributed by atoms with Crippen molar-refractivity contribution in [3.05, 3.63) is 24.2 Å². The summed E-state index contributed by atoms with van der Waals surface area (Å²) in [5.74, 6) is -1.29. The molecule has 0 bridgehead atoms. The van der Waals surface area contributed by atoms with E-state index in [4.69, 9.17) is 4.42 Å². The van der Waals surface area contributed by atoms with Crippen LogP contribution in [0, 0.1) is 5.92 Å². The molecule has 9 heteroatoms. The van der Waals surface area contributed by atoms with Crippen molar-refractivity contribution < 1.29 is 22.7 Å². The zero-order valence-corrected chi connectivity index (χ0v) is 14.5. The lowest BCUT2D eigenvalue weighted by Crippen LogP contribution is -2.57. The van der Waals surface area contributed by atoms with Crippen molar-refractivity contribution in [2.24, 2.45) is 5.92 Å². The maximum absolute atomic E-state index is 11.8. The molecular weight excluding hydrogens is 334 g/mol. The minimum Gasteiger partial charge on any atom is -0.481 e. The number of sulfonamides is 1. The molecule has 1 N–H and O–H groups in total. The van der Waals surface area contributed by atoms with Gasteiger partial charge in [0.05, 0.1) is 24.7 Å². The number of hydrogen-bond donors (Lipinski definition) is 1. The summed E-state index contributed by atoms with van der Waals surface area (Å²) < 4.78 is 30.3. The first-order chi connectivity index (χ1) is 11.3. The smallest absolute Gasteiger partial charge is 0.309 e. The number of piperazine rings is 1. The number of rotatable bonds is 4. The lowest BCUT2D eigenvalue weighted by atomic mass is 10.1. The fourth-order valence-electron chi connectivity index (χ4n) is 3.53. The van der Waals surface area contributed by atoms with Crippen molar-refractivity contribution >= 4 is 16.0 Å². The molecule has 2 aliphatic heterocycles. The number of fused-ring (bicyclic) bond motifs is 1. The van der Waals surface area contributed by atoms with Gasteiger partial charge in [-0.15, -0.1) is 0 Å². The summed E-state index contributed by atoms with van der Waals surface area (Å²) in [6.07, 6.45) is 4.48. The van der Waals surface area contributed by atoms with Crippen LogP contribution in [-0.4, -0.2) is 85.2 Å². The molecule has 0 aromatic carbocycles. The third-order valence-electron chi connectivity index (χ3n) is 4.77. The topological polar surface area (TPSA) is 94.3 Å². The average Bonchev–Trinajstić information content (AvgIpc) is 2.92. The van der Waals surface area contributed by atoms with Gasteiger partial charge in [-0.25, -0.2) is 8.42 Å². The van der Waals surface area contributed by atoms with Gasteiger partial charge < -0.3 is 9.52 Å². The summed E-state index contributed by atoms with van der Waals surface area (Å²) in [5, 5.41) is 9.50. The summed E-state index contributed by atoms with van der Waals surface area (Å²) in [7, 11) is -3.23. The molecular formula is C15H23N3O5S. The lowest BCUT2D eigenvalue weighted by molar-refractivity contribution is -0.142. The monoisotopic (exact) mass is 357 g/mol. The molecule has 3 heterocycles. The van der Waals surface area contributed by atoms with Crippen molar-refractivity contribution in [1.82, 2.24) is 14.1 Å². The summed E-state index contributed by atoms with van der Waals surface area (Å²) in [6, 6.07) is 1.87. The van der Waals surface area contributed by atoms with Crippen LogP contribution in [0.3, 0.4) is 0 Å². The zero-order chi connectivity index (χ0) is 17.3. The quantitative estimate of drug-likeness (QED) is 0.793. The maximum atomic E-state index is 11.8. The second-order valence-electron chi connectivity index (χ2n) is 6.63. The first-order valence-electron chi connectivity index (χ1n) is 7.98. The molecule has 24 heavy (non-hydrogen) atoms. The highest BCUT2D eigenvalue weighted by molar-refractivity contribution is 7.88. The van der Waals surface area contributed by atoms with E-state index in [0.29, 0.717) is 45.8 Å². The summed E-state index contributed by atoms with van der Waals surface area (Å²) in [4.78, 5) is 15.8. The molecule has 0 spiro atoms. The number of carboxylic acids is 1. The van der Waals surface area contributed by atoms with Gasteiger partial charge in [0.15, 0.2) is 0 Å². The highest BCUT2D eigenvalue weighted by atomic mass is 32.2. The largest absolute Gasteiger partial charge is 0.481 e. The van der Waals surface area contributed by atoms with Crippen molar-refractivity contribution in [3.63, 3.8) is 0 Å². The van der Waals surface area contributed by atoms with Gasteiger partial charge in [0.1, 0.15) is 0 Å². The van der Waals surface area contributed by atoms with E-state index in [0.717, 1.165) is 5.56 Å². The molecule has 8 nitrogen and oxygen atoms in total. The normalized spacial score (nSPS) is 27.5. The van der Waals surface area contributed by atoms with Crippen LogP contribution in [-0.2, 0) is 21.4 Å². The predicted octanol–water partition coefficient (Wildman–Crippen LogP) is -0.258. The van der Waals surface area contributed by atoms with Crippen LogP contribution in [0.5, 0.6) is 0 Å². The highest BCUT2D eigenvalue weighted by Gasteiger charge is 2.38. The third-order valence-corrected chi connectivity index (χ3v) is 6.04. The lowest BCUT2D eigenvalue weighted by Gasteiger charge is -2.40. The number of aliphatic carboxylic acids is 1. The van der Waals surface area contributed by atoms with Gasteiger partial charge in [-0.2, -0.15) is 4.31 Å². The van der Waals surface area contributed by atoms with Crippen LogP contribution in [0.4, 0.5) is 0 Å². The fraction of sp³-hybridized carbons (Fsp3) is 0.667. The van der Waals surface area contributed by atoms with Gasteiger partial charge in [0, 0.05) is 57.4 Å². The van der Waals surface area contributed by atoms with E-state index in [-0.39, 0.29) is 6.04 Å². The predicted molar refractivity (Wildman–Crippen MR) is 86.9 cm³/mol. The number of nitrogens with zero attached hydrogens (tertiary/aromatic N) is 3. The van der Waals surface area contributed by atoms with Crippen molar-refractivity contribution in [1.29, 1.82) is 0 Å². The Balaban J connectivity index is 1.77. The maximum Gasteiger partial charge on any atom is 0.309 e. The summed E-state index contributed by atoms with van der Waals surface area (Å²) >= 11 is 0. The Hall–Kier alpha value is -1.42. The van der Waals surface area contributed by atoms with E-state index in [1.165, 1.54) is 10.6 Å². The molecule has 2 saturated heterocycles. The molecule has 2 fully saturated rings. The first kappa shape index (κ1) is 17.4. The van der Waals surface area contributed by atoms with E-state index < -0.39 is 21.9 Å². The van der Waals surface area contributed by atoms with Crippen LogP contribution >= 0.6 is 0 Å². The molecule has 3 rings (SSSR count). The van der Waals surface area contributed by atoms with E-state index in [2.05, 4.69) is 9.80 Å². The zero-order valence-electron chi connectivity index (χ0n) is 13.7. The Morgan fingerprint density at radius 1 is 1.29 bits per heavy atom. The summed E-state index contributed by atoms with van der Waals surface area (Å²) in [5.41, 5.74) is 0.989. The number of carbonyl (C=O) groups is 1. The molecule has 1 aromatic rings. The van der Waals surface area contributed by atoms with Crippen molar-refractivity contribution in [2.75, 3.05) is 45.5 Å². The Kier molecular flexibility index (Phi) is 4.95. The molecule has 0 amide bonds. The number of furan rings is 1. The van der Waals surface area contributed by atoms with Crippen LogP contribution in [0.1, 0.15) is 5.56 Å². The standard InChI is InChI=1S/C15H23N3O5S/c1-24(21,22)18-4-3-17-8-13(15(19)20)7-16(9-14(17)10-18)6-12-2-5-23-11-12/h2,5,11,13-14H,3-4,6-10H2,1H3,(H,19,20). The second kappa shape index (κ2) is 6.83. The molecule has 0 aliphatic carbocycles. The molecule has 0 radical (unpaired) electrons. The number of carboxylic acid groups (broad SMARTS) is 1. The van der Waals surface area contributed by atoms with Gasteiger partial charge in [0.25, 0.3) is 0 Å². The van der Waals surface area contributed by atoms with E-state index >= 15 is 0 Å². The van der Waals surface area contributed by atoms with Gasteiger partial charge in [-0.1, -0.05) is 0 Å². The Morgan fingerprint density at radius 2 is 2.08 bits per heavy atom. The molecule has 1 aromatic heterocycles. The van der Waals surface area contributed by atoms with E-state index in [1.807, 2.05) is 6.07 Å². The molecule has 134 valence electrons. The molecule has 2 atom stereocenters. The Morgan fingerprint density at radius 3 is 2.71 bits per heavy atom. The second-order valence-corrected chi connectivity index (χ2v) is 8.61. The van der Waals surface area contributed by atoms with Gasteiger partial charge in [-0.05, 0) is 6.07 Å². The average molecular weight is 357 g/mol. The minimum absolute atomic E-state index is 0.00438. The molecule has 0 saturated carbocycles. The van der Waals surface area contributed by atoms with Gasteiger partial charge >= 0.3 is 5.97 Å². The molecule has 2 aliphatic rings. The number of hydrogen-bond acceptors (Lipinski definition) is 6. The Bertz CT molecular complexity index is 675. The third kappa shape index (κ3) is 3.97. The van der Waals surface area contributed by atoms with Crippen molar-refractivity contribution in [2.45, 2.75) is 12.6 Å². The van der Waals surface area contributed by atoms with Gasteiger partial charge in [-0.3, -0.25) is 14.6 Å². The van der Waals surface area contributed by atoms with Crippen LogP contribution in [0.15, 0.2) is 23.0 Å². The van der Waals surface area contributed by atoms with Crippen LogP contribution < -0.4 is 0 Å². The minimum atomic E-state index is -3.23. The highest BCUT2D eigenvalue weighted by Crippen LogP contribution is 2.21.